The Hall–Kier alpha value is -0.870. The molecule has 114 valence electrons. The number of hydrogen-bond donors (Lipinski definition) is 2. The molecule has 1 aromatic carbocycles. The van der Waals surface area contributed by atoms with Gasteiger partial charge in [0.2, 0.25) is 5.91 Å². The van der Waals surface area contributed by atoms with E-state index in [0.29, 0.717) is 24.4 Å². The van der Waals surface area contributed by atoms with Crippen molar-refractivity contribution in [1.29, 1.82) is 0 Å². The number of carbonyl (C=O) groups excluding carboxylic acids is 1. The summed E-state index contributed by atoms with van der Waals surface area (Å²) in [6.07, 6.45) is 5.58. The standard InChI is InChI=1S/C17H23BrN2O/c1-11(13-3-2-4-14(18)10-13)19-17(21)9-12-7-15-5-6-16(8-12)20-15/h2-4,10-12,15-16,20H,5-9H2,1H3,(H,19,21)/t11-,12?,15?,16?/m1/s1. The highest BCUT2D eigenvalue weighted by molar-refractivity contribution is 9.10. The maximum absolute atomic E-state index is 12.3. The van der Waals surface area contributed by atoms with Crippen LogP contribution in [0.4, 0.5) is 0 Å². The molecule has 0 saturated carbocycles. The van der Waals surface area contributed by atoms with Crippen LogP contribution in [0.1, 0.15) is 50.6 Å². The van der Waals surface area contributed by atoms with Crippen molar-refractivity contribution in [2.45, 2.75) is 57.2 Å². The summed E-state index contributed by atoms with van der Waals surface area (Å²) in [7, 11) is 0. The molecule has 2 bridgehead atoms. The number of nitrogens with one attached hydrogen (secondary N) is 2. The predicted molar refractivity (Wildman–Crippen MR) is 88.0 cm³/mol. The quantitative estimate of drug-likeness (QED) is 0.871. The largest absolute Gasteiger partial charge is 0.350 e. The van der Waals surface area contributed by atoms with Gasteiger partial charge in [0.25, 0.3) is 0 Å². The first-order valence-electron chi connectivity index (χ1n) is 7.91. The molecule has 3 nitrogen and oxygen atoms in total. The lowest BCUT2D eigenvalue weighted by molar-refractivity contribution is -0.122. The van der Waals surface area contributed by atoms with Crippen molar-refractivity contribution in [1.82, 2.24) is 10.6 Å². The summed E-state index contributed by atoms with van der Waals surface area (Å²) in [6, 6.07) is 9.51. The normalized spacial score (nSPS) is 29.1. The number of carbonyl (C=O) groups is 1. The summed E-state index contributed by atoms with van der Waals surface area (Å²) >= 11 is 3.48. The van der Waals surface area contributed by atoms with Gasteiger partial charge in [-0.15, -0.1) is 0 Å². The van der Waals surface area contributed by atoms with E-state index in [1.165, 1.54) is 12.8 Å². The lowest BCUT2D eigenvalue weighted by atomic mass is 9.89. The molecule has 1 aromatic rings. The van der Waals surface area contributed by atoms with Gasteiger partial charge in [0, 0.05) is 23.0 Å². The zero-order chi connectivity index (χ0) is 14.8. The third kappa shape index (κ3) is 3.86. The minimum absolute atomic E-state index is 0.0634. The second-order valence-corrected chi connectivity index (χ2v) is 7.44. The van der Waals surface area contributed by atoms with E-state index >= 15 is 0 Å². The number of piperidine rings is 1. The maximum atomic E-state index is 12.3. The van der Waals surface area contributed by atoms with Crippen molar-refractivity contribution in [2.75, 3.05) is 0 Å². The summed E-state index contributed by atoms with van der Waals surface area (Å²) in [5.41, 5.74) is 1.14. The van der Waals surface area contributed by atoms with Crippen molar-refractivity contribution in [2.24, 2.45) is 5.92 Å². The first kappa shape index (κ1) is 15.0. The van der Waals surface area contributed by atoms with Crippen molar-refractivity contribution < 1.29 is 4.79 Å². The molecule has 0 spiro atoms. The van der Waals surface area contributed by atoms with Gasteiger partial charge in [-0.2, -0.15) is 0 Å². The van der Waals surface area contributed by atoms with Crippen LogP contribution in [0.15, 0.2) is 28.7 Å². The molecule has 2 aliphatic rings. The highest BCUT2D eigenvalue weighted by Gasteiger charge is 2.34. The second kappa shape index (κ2) is 6.49. The van der Waals surface area contributed by atoms with Gasteiger partial charge >= 0.3 is 0 Å². The molecule has 4 heteroatoms. The molecular weight excluding hydrogens is 328 g/mol. The predicted octanol–water partition coefficient (Wildman–Crippen LogP) is 3.55. The van der Waals surface area contributed by atoms with E-state index in [0.717, 1.165) is 22.9 Å². The Morgan fingerprint density at radius 2 is 2.10 bits per heavy atom. The first-order chi connectivity index (χ1) is 10.1. The molecule has 2 aliphatic heterocycles. The Labute approximate surface area is 135 Å². The third-order valence-corrected chi connectivity index (χ3v) is 5.26. The third-order valence-electron chi connectivity index (χ3n) is 4.77. The summed E-state index contributed by atoms with van der Waals surface area (Å²) in [6.45, 7) is 2.05. The molecule has 21 heavy (non-hydrogen) atoms. The van der Waals surface area contributed by atoms with Crippen LogP contribution in [0.2, 0.25) is 0 Å². The van der Waals surface area contributed by atoms with Crippen LogP contribution in [0, 0.1) is 5.92 Å². The molecule has 1 amide bonds. The van der Waals surface area contributed by atoms with E-state index in [9.17, 15) is 4.79 Å². The Kier molecular flexibility index (Phi) is 4.65. The maximum Gasteiger partial charge on any atom is 0.220 e. The van der Waals surface area contributed by atoms with Crippen LogP contribution in [-0.2, 0) is 4.79 Å². The lowest BCUT2D eigenvalue weighted by Crippen LogP contribution is -2.40. The molecule has 0 aromatic heterocycles. The van der Waals surface area contributed by atoms with E-state index in [-0.39, 0.29) is 11.9 Å². The number of hydrogen-bond acceptors (Lipinski definition) is 2. The Morgan fingerprint density at radius 3 is 2.76 bits per heavy atom. The second-order valence-electron chi connectivity index (χ2n) is 6.52. The molecule has 2 N–H and O–H groups in total. The van der Waals surface area contributed by atoms with Gasteiger partial charge in [-0.1, -0.05) is 28.1 Å². The zero-order valence-electron chi connectivity index (χ0n) is 12.4. The number of halogens is 1. The van der Waals surface area contributed by atoms with Crippen LogP contribution in [0.3, 0.4) is 0 Å². The molecule has 2 saturated heterocycles. The van der Waals surface area contributed by atoms with Crippen LogP contribution in [0.25, 0.3) is 0 Å². The van der Waals surface area contributed by atoms with Crippen molar-refractivity contribution >= 4 is 21.8 Å². The van der Waals surface area contributed by atoms with Crippen LogP contribution in [-0.4, -0.2) is 18.0 Å². The molecule has 3 atom stereocenters. The van der Waals surface area contributed by atoms with Crippen molar-refractivity contribution in [3.05, 3.63) is 34.3 Å². The molecule has 0 radical (unpaired) electrons. The van der Waals surface area contributed by atoms with Gasteiger partial charge in [0.15, 0.2) is 0 Å². The minimum Gasteiger partial charge on any atom is -0.350 e. The topological polar surface area (TPSA) is 41.1 Å². The van der Waals surface area contributed by atoms with Gasteiger partial charge in [-0.05, 0) is 56.2 Å². The van der Waals surface area contributed by atoms with Gasteiger partial charge in [-0.25, -0.2) is 0 Å². The summed E-state index contributed by atoms with van der Waals surface area (Å²) in [4.78, 5) is 12.3. The average Bonchev–Trinajstić information content (AvgIpc) is 2.77. The fraction of sp³-hybridized carbons (Fsp3) is 0.588. The van der Waals surface area contributed by atoms with Gasteiger partial charge < -0.3 is 10.6 Å². The number of benzene rings is 1. The van der Waals surface area contributed by atoms with E-state index < -0.39 is 0 Å². The van der Waals surface area contributed by atoms with Crippen LogP contribution in [0.5, 0.6) is 0 Å². The fourth-order valence-corrected chi connectivity index (χ4v) is 4.18. The van der Waals surface area contributed by atoms with E-state index in [1.807, 2.05) is 19.1 Å². The molecular formula is C17H23BrN2O. The van der Waals surface area contributed by atoms with Crippen molar-refractivity contribution in [3.8, 4) is 0 Å². The van der Waals surface area contributed by atoms with E-state index in [2.05, 4.69) is 38.7 Å². The summed E-state index contributed by atoms with van der Waals surface area (Å²) < 4.78 is 1.05. The van der Waals surface area contributed by atoms with Crippen LogP contribution < -0.4 is 10.6 Å². The molecule has 0 aliphatic carbocycles. The number of amides is 1. The zero-order valence-corrected chi connectivity index (χ0v) is 14.0. The lowest BCUT2D eigenvalue weighted by Gasteiger charge is -2.29. The number of fused-ring (bicyclic) bond motifs is 2. The van der Waals surface area contributed by atoms with Crippen LogP contribution >= 0.6 is 15.9 Å². The monoisotopic (exact) mass is 350 g/mol. The van der Waals surface area contributed by atoms with Gasteiger partial charge in [-0.3, -0.25) is 4.79 Å². The molecule has 2 unspecified atom stereocenters. The van der Waals surface area contributed by atoms with Crippen molar-refractivity contribution in [3.63, 3.8) is 0 Å². The van der Waals surface area contributed by atoms with E-state index in [1.54, 1.807) is 0 Å². The average molecular weight is 351 g/mol. The molecule has 2 heterocycles. The fourth-order valence-electron chi connectivity index (χ4n) is 3.76. The van der Waals surface area contributed by atoms with E-state index in [4.69, 9.17) is 0 Å². The SMILES string of the molecule is C[C@@H](NC(=O)CC1CC2CCC(C1)N2)c1cccc(Br)c1. The first-order valence-corrected chi connectivity index (χ1v) is 8.70. The smallest absolute Gasteiger partial charge is 0.220 e. The molecule has 3 rings (SSSR count). The molecule has 2 fully saturated rings. The highest BCUT2D eigenvalue weighted by Crippen LogP contribution is 2.32. The summed E-state index contributed by atoms with van der Waals surface area (Å²) in [5.74, 6) is 0.743. The van der Waals surface area contributed by atoms with Gasteiger partial charge in [0.05, 0.1) is 6.04 Å². The number of rotatable bonds is 4. The Morgan fingerprint density at radius 1 is 1.38 bits per heavy atom. The highest BCUT2D eigenvalue weighted by atomic mass is 79.9. The Bertz CT molecular complexity index is 507. The van der Waals surface area contributed by atoms with Gasteiger partial charge in [0.1, 0.15) is 0 Å². The summed E-state index contributed by atoms with van der Waals surface area (Å²) in [5, 5.41) is 6.77. The minimum atomic E-state index is 0.0634. The Balaban J connectivity index is 1.52.